The van der Waals surface area contributed by atoms with Crippen molar-refractivity contribution < 1.29 is 14.5 Å². The molecule has 0 saturated heterocycles. The molecular formula is C11H14N4O4. The Morgan fingerprint density at radius 2 is 2.32 bits per heavy atom. The average molecular weight is 266 g/mol. The summed E-state index contributed by atoms with van der Waals surface area (Å²) in [4.78, 5) is 25.6. The highest BCUT2D eigenvalue weighted by Crippen LogP contribution is 2.24. The van der Waals surface area contributed by atoms with Crippen LogP contribution in [0.2, 0.25) is 0 Å². The fourth-order valence-corrected chi connectivity index (χ4v) is 1.89. The highest BCUT2D eigenvalue weighted by atomic mass is 16.6. The predicted molar refractivity (Wildman–Crippen MR) is 66.6 cm³/mol. The predicted octanol–water partition coefficient (Wildman–Crippen LogP) is 0.479. The van der Waals surface area contributed by atoms with Crippen LogP contribution in [-0.4, -0.2) is 35.1 Å². The quantitative estimate of drug-likeness (QED) is 0.604. The van der Waals surface area contributed by atoms with Crippen LogP contribution in [0.25, 0.3) is 0 Å². The number of ether oxygens (including phenoxy) is 1. The first kappa shape index (κ1) is 13.2. The smallest absolute Gasteiger partial charge is 0.288 e. The molecule has 0 aromatic carbocycles. The Kier molecular flexibility index (Phi) is 3.61. The Morgan fingerprint density at radius 1 is 1.63 bits per heavy atom. The molecule has 0 unspecified atom stereocenters. The van der Waals surface area contributed by atoms with E-state index >= 15 is 0 Å². The van der Waals surface area contributed by atoms with Crippen molar-refractivity contribution in [2.24, 2.45) is 0 Å². The molecule has 1 aliphatic carbocycles. The molecule has 19 heavy (non-hydrogen) atoms. The minimum atomic E-state index is -0.618. The van der Waals surface area contributed by atoms with Crippen LogP contribution >= 0.6 is 0 Å². The maximum Gasteiger partial charge on any atom is 0.288 e. The molecule has 1 saturated carbocycles. The number of carbonyl (C=O) groups is 1. The van der Waals surface area contributed by atoms with Crippen LogP contribution in [0.4, 0.5) is 11.5 Å². The summed E-state index contributed by atoms with van der Waals surface area (Å²) in [5.74, 6) is -0.473. The summed E-state index contributed by atoms with van der Waals surface area (Å²) in [6.07, 6.45) is 2.64. The van der Waals surface area contributed by atoms with Gasteiger partial charge in [-0.3, -0.25) is 14.9 Å². The summed E-state index contributed by atoms with van der Waals surface area (Å²) in [5, 5.41) is 13.4. The van der Waals surface area contributed by atoms with Gasteiger partial charge in [-0.2, -0.15) is 0 Å². The van der Waals surface area contributed by atoms with Crippen molar-refractivity contribution in [3.8, 4) is 0 Å². The number of nitro groups is 1. The van der Waals surface area contributed by atoms with E-state index in [0.29, 0.717) is 0 Å². The fourth-order valence-electron chi connectivity index (χ4n) is 1.89. The first-order valence-corrected chi connectivity index (χ1v) is 5.75. The van der Waals surface area contributed by atoms with Gasteiger partial charge in [-0.1, -0.05) is 0 Å². The van der Waals surface area contributed by atoms with Crippen LogP contribution in [0.1, 0.15) is 23.2 Å². The number of hydrogen-bond acceptors (Lipinski definition) is 6. The van der Waals surface area contributed by atoms with Crippen LogP contribution in [0, 0.1) is 10.1 Å². The lowest BCUT2D eigenvalue weighted by Crippen LogP contribution is -2.47. The third-order valence-corrected chi connectivity index (χ3v) is 3.12. The zero-order valence-corrected chi connectivity index (χ0v) is 10.3. The van der Waals surface area contributed by atoms with Gasteiger partial charge in [0, 0.05) is 19.2 Å². The van der Waals surface area contributed by atoms with Gasteiger partial charge in [-0.15, -0.1) is 0 Å². The van der Waals surface area contributed by atoms with Gasteiger partial charge in [0.15, 0.2) is 0 Å². The number of amides is 1. The number of nitrogen functional groups attached to an aromatic ring is 1. The van der Waals surface area contributed by atoms with Crippen molar-refractivity contribution in [1.29, 1.82) is 0 Å². The molecule has 1 aromatic heterocycles. The number of hydrogen-bond donors (Lipinski definition) is 2. The topological polar surface area (TPSA) is 120 Å². The second kappa shape index (κ2) is 5.19. The molecule has 1 amide bonds. The monoisotopic (exact) mass is 266 g/mol. The van der Waals surface area contributed by atoms with Gasteiger partial charge in [0.2, 0.25) is 0 Å². The van der Waals surface area contributed by atoms with Crippen molar-refractivity contribution >= 4 is 17.4 Å². The van der Waals surface area contributed by atoms with E-state index in [1.807, 2.05) is 0 Å². The molecule has 1 aliphatic rings. The third-order valence-electron chi connectivity index (χ3n) is 3.12. The van der Waals surface area contributed by atoms with Gasteiger partial charge in [-0.25, -0.2) is 4.98 Å². The van der Waals surface area contributed by atoms with Crippen LogP contribution in [0.3, 0.4) is 0 Å². The van der Waals surface area contributed by atoms with Crippen LogP contribution < -0.4 is 11.1 Å². The number of carbonyl (C=O) groups excluding carboxylic acids is 1. The first-order valence-electron chi connectivity index (χ1n) is 5.75. The van der Waals surface area contributed by atoms with E-state index in [0.717, 1.165) is 25.1 Å². The zero-order chi connectivity index (χ0) is 14.0. The summed E-state index contributed by atoms with van der Waals surface area (Å²) < 4.78 is 5.10. The van der Waals surface area contributed by atoms with E-state index in [9.17, 15) is 14.9 Å². The molecule has 1 fully saturated rings. The molecule has 8 nitrogen and oxygen atoms in total. The molecule has 8 heteroatoms. The van der Waals surface area contributed by atoms with Crippen LogP contribution in [0.5, 0.6) is 0 Å². The van der Waals surface area contributed by atoms with Gasteiger partial charge < -0.3 is 15.8 Å². The standard InChI is InChI=1S/C11H14N4O4/c1-19-8-2-6(3-8)14-11(16)9-4-7(15(17)18)5-13-10(9)12/h4-6,8H,2-3H2,1H3,(H2,12,13)(H,14,16). The van der Waals surface area contributed by atoms with Crippen molar-refractivity contribution in [3.63, 3.8) is 0 Å². The summed E-state index contributed by atoms with van der Waals surface area (Å²) in [6, 6.07) is 1.14. The number of pyridine rings is 1. The SMILES string of the molecule is COC1CC(NC(=O)c2cc([N+](=O)[O-])cnc2N)C1. The van der Waals surface area contributed by atoms with E-state index in [-0.39, 0.29) is 29.2 Å². The summed E-state index contributed by atoms with van der Waals surface area (Å²) in [5.41, 5.74) is 5.32. The Balaban J connectivity index is 2.06. The lowest BCUT2D eigenvalue weighted by molar-refractivity contribution is -0.385. The number of aromatic nitrogens is 1. The molecule has 2 rings (SSSR count). The third kappa shape index (κ3) is 2.79. The Morgan fingerprint density at radius 3 is 2.89 bits per heavy atom. The summed E-state index contributed by atoms with van der Waals surface area (Å²) >= 11 is 0. The van der Waals surface area contributed by atoms with Crippen molar-refractivity contribution in [3.05, 3.63) is 27.9 Å². The fraction of sp³-hybridized carbons (Fsp3) is 0.455. The minimum Gasteiger partial charge on any atom is -0.383 e. The zero-order valence-electron chi connectivity index (χ0n) is 10.3. The van der Waals surface area contributed by atoms with E-state index in [4.69, 9.17) is 10.5 Å². The highest BCUT2D eigenvalue weighted by Gasteiger charge is 2.31. The number of nitrogens with zero attached hydrogens (tertiary/aromatic N) is 2. The number of nitrogens with two attached hydrogens (primary N) is 1. The molecule has 1 aromatic rings. The average Bonchev–Trinajstić information content (AvgIpc) is 2.33. The molecule has 0 bridgehead atoms. The molecule has 0 spiro atoms. The van der Waals surface area contributed by atoms with Crippen LogP contribution in [0.15, 0.2) is 12.3 Å². The lowest BCUT2D eigenvalue weighted by Gasteiger charge is -2.34. The molecule has 0 aliphatic heterocycles. The molecule has 0 radical (unpaired) electrons. The van der Waals surface area contributed by atoms with Gasteiger partial charge in [-0.05, 0) is 12.8 Å². The second-order valence-electron chi connectivity index (χ2n) is 4.38. The largest absolute Gasteiger partial charge is 0.383 e. The van der Waals surface area contributed by atoms with Crippen LogP contribution in [-0.2, 0) is 4.74 Å². The van der Waals surface area contributed by atoms with Gasteiger partial charge in [0.1, 0.15) is 12.0 Å². The second-order valence-corrected chi connectivity index (χ2v) is 4.38. The van der Waals surface area contributed by atoms with E-state index < -0.39 is 10.8 Å². The first-order chi connectivity index (χ1) is 9.01. The van der Waals surface area contributed by atoms with E-state index in [2.05, 4.69) is 10.3 Å². The minimum absolute atomic E-state index is 0.0103. The Labute approximate surface area is 109 Å². The summed E-state index contributed by atoms with van der Waals surface area (Å²) in [6.45, 7) is 0. The molecule has 1 heterocycles. The number of nitrogens with one attached hydrogen (secondary N) is 1. The lowest BCUT2D eigenvalue weighted by atomic mass is 9.89. The van der Waals surface area contributed by atoms with Gasteiger partial charge in [0.25, 0.3) is 11.6 Å². The molecular weight excluding hydrogens is 252 g/mol. The molecule has 3 N–H and O–H groups in total. The van der Waals surface area contributed by atoms with E-state index in [1.165, 1.54) is 0 Å². The Hall–Kier alpha value is -2.22. The van der Waals surface area contributed by atoms with Crippen molar-refractivity contribution in [1.82, 2.24) is 10.3 Å². The normalized spacial score (nSPS) is 21.5. The van der Waals surface area contributed by atoms with Crippen molar-refractivity contribution in [2.75, 3.05) is 12.8 Å². The number of methoxy groups -OCH3 is 1. The highest BCUT2D eigenvalue weighted by molar-refractivity contribution is 5.99. The number of anilines is 1. The maximum atomic E-state index is 11.9. The van der Waals surface area contributed by atoms with E-state index in [1.54, 1.807) is 7.11 Å². The molecule has 0 atom stereocenters. The summed E-state index contributed by atoms with van der Waals surface area (Å²) in [7, 11) is 1.62. The maximum absolute atomic E-state index is 11.9. The van der Waals surface area contributed by atoms with Gasteiger partial charge in [0.05, 0.1) is 16.6 Å². The molecule has 102 valence electrons. The van der Waals surface area contributed by atoms with Crippen molar-refractivity contribution in [2.45, 2.75) is 25.0 Å². The number of rotatable bonds is 4. The van der Waals surface area contributed by atoms with Gasteiger partial charge >= 0.3 is 0 Å². The Bertz CT molecular complexity index is 513.